The van der Waals surface area contributed by atoms with Crippen LogP contribution in [-0.2, 0) is 4.74 Å². The molecule has 0 spiro atoms. The number of pyridine rings is 1. The molecule has 1 aliphatic rings. The van der Waals surface area contributed by atoms with Crippen LogP contribution in [0.5, 0.6) is 5.88 Å². The fraction of sp³-hybridized carbons (Fsp3) is 0.667. The summed E-state index contributed by atoms with van der Waals surface area (Å²) < 4.78 is 10.5. The molecule has 20 heavy (non-hydrogen) atoms. The molecule has 1 aliphatic heterocycles. The summed E-state index contributed by atoms with van der Waals surface area (Å²) in [4.78, 5) is 6.97. The van der Waals surface area contributed by atoms with E-state index < -0.39 is 0 Å². The Hall–Kier alpha value is -1.33. The van der Waals surface area contributed by atoms with Crippen LogP contribution in [-0.4, -0.2) is 51.0 Å². The first kappa shape index (κ1) is 15.1. The molecule has 1 atom stereocenters. The van der Waals surface area contributed by atoms with Gasteiger partial charge < -0.3 is 19.7 Å². The summed E-state index contributed by atoms with van der Waals surface area (Å²) in [5.41, 5.74) is 0. The predicted octanol–water partition coefficient (Wildman–Crippen LogP) is 1.69. The lowest BCUT2D eigenvalue weighted by Gasteiger charge is -2.26. The van der Waals surface area contributed by atoms with Gasteiger partial charge in [0.2, 0.25) is 5.88 Å². The summed E-state index contributed by atoms with van der Waals surface area (Å²) in [6.07, 6.45) is 2.43. The second kappa shape index (κ2) is 8.07. The number of hydrogen-bond donors (Lipinski definition) is 1. The van der Waals surface area contributed by atoms with E-state index in [-0.39, 0.29) is 0 Å². The van der Waals surface area contributed by atoms with Gasteiger partial charge in [-0.05, 0) is 25.8 Å². The molecule has 112 valence electrons. The van der Waals surface area contributed by atoms with Crippen LogP contribution in [0.1, 0.15) is 19.8 Å². The smallest absolute Gasteiger partial charge is 0.215 e. The monoisotopic (exact) mass is 279 g/mol. The Bertz CT molecular complexity index is 400. The van der Waals surface area contributed by atoms with Crippen molar-refractivity contribution in [1.82, 2.24) is 10.3 Å². The maximum Gasteiger partial charge on any atom is 0.215 e. The van der Waals surface area contributed by atoms with Gasteiger partial charge in [-0.1, -0.05) is 6.07 Å². The molecule has 0 saturated carbocycles. The molecular formula is C15H25N3O2. The Labute approximate surface area is 121 Å². The summed E-state index contributed by atoms with van der Waals surface area (Å²) in [7, 11) is 1.73. The SMILES string of the molecule is CCOc1cccc(N2CCCC2CNCCOC)n1. The molecule has 1 unspecified atom stereocenters. The van der Waals surface area contributed by atoms with E-state index in [1.54, 1.807) is 7.11 Å². The minimum Gasteiger partial charge on any atom is -0.478 e. The normalized spacial score (nSPS) is 18.5. The molecule has 1 aromatic heterocycles. The van der Waals surface area contributed by atoms with Crippen LogP contribution in [0, 0.1) is 0 Å². The highest BCUT2D eigenvalue weighted by Gasteiger charge is 2.25. The molecular weight excluding hydrogens is 254 g/mol. The van der Waals surface area contributed by atoms with Crippen molar-refractivity contribution >= 4 is 5.82 Å². The fourth-order valence-corrected chi connectivity index (χ4v) is 2.58. The van der Waals surface area contributed by atoms with Crippen molar-refractivity contribution in [2.75, 3.05) is 44.9 Å². The van der Waals surface area contributed by atoms with Crippen molar-refractivity contribution in [3.8, 4) is 5.88 Å². The highest BCUT2D eigenvalue weighted by atomic mass is 16.5. The van der Waals surface area contributed by atoms with Gasteiger partial charge in [0.25, 0.3) is 0 Å². The third kappa shape index (κ3) is 4.08. The molecule has 2 heterocycles. The van der Waals surface area contributed by atoms with E-state index in [0.29, 0.717) is 18.5 Å². The summed E-state index contributed by atoms with van der Waals surface area (Å²) in [6.45, 7) is 6.33. The Morgan fingerprint density at radius 2 is 2.35 bits per heavy atom. The molecule has 1 aromatic rings. The molecule has 0 aliphatic carbocycles. The summed E-state index contributed by atoms with van der Waals surface area (Å²) in [5, 5.41) is 3.44. The molecule has 1 fully saturated rings. The van der Waals surface area contributed by atoms with Crippen molar-refractivity contribution in [1.29, 1.82) is 0 Å². The lowest BCUT2D eigenvalue weighted by molar-refractivity contribution is 0.199. The lowest BCUT2D eigenvalue weighted by Crippen LogP contribution is -2.39. The Morgan fingerprint density at radius 3 is 3.15 bits per heavy atom. The number of ether oxygens (including phenoxy) is 2. The van der Waals surface area contributed by atoms with E-state index in [1.807, 2.05) is 19.1 Å². The number of aromatic nitrogens is 1. The molecule has 0 radical (unpaired) electrons. The van der Waals surface area contributed by atoms with Crippen LogP contribution in [0.15, 0.2) is 18.2 Å². The van der Waals surface area contributed by atoms with Crippen molar-refractivity contribution in [3.63, 3.8) is 0 Å². The zero-order chi connectivity index (χ0) is 14.2. The number of nitrogens with zero attached hydrogens (tertiary/aromatic N) is 2. The minimum absolute atomic E-state index is 0.510. The Kier molecular flexibility index (Phi) is 6.08. The zero-order valence-corrected chi connectivity index (χ0v) is 12.5. The van der Waals surface area contributed by atoms with Gasteiger partial charge in [0.05, 0.1) is 13.2 Å². The van der Waals surface area contributed by atoms with Gasteiger partial charge in [-0.15, -0.1) is 0 Å². The fourth-order valence-electron chi connectivity index (χ4n) is 2.58. The molecule has 1 N–H and O–H groups in total. The quantitative estimate of drug-likeness (QED) is 0.734. The highest BCUT2D eigenvalue weighted by molar-refractivity contribution is 5.43. The number of hydrogen-bond acceptors (Lipinski definition) is 5. The predicted molar refractivity (Wildman–Crippen MR) is 80.5 cm³/mol. The molecule has 5 heteroatoms. The van der Waals surface area contributed by atoms with Gasteiger partial charge in [-0.3, -0.25) is 0 Å². The standard InChI is InChI=1S/C15H25N3O2/c1-3-20-15-8-4-7-14(17-15)18-10-5-6-13(18)12-16-9-11-19-2/h4,7-8,13,16H,3,5-6,9-12H2,1-2H3. The second-order valence-corrected chi connectivity index (χ2v) is 4.95. The average Bonchev–Trinajstić information content (AvgIpc) is 2.93. The van der Waals surface area contributed by atoms with Crippen LogP contribution in [0.3, 0.4) is 0 Å². The van der Waals surface area contributed by atoms with E-state index in [0.717, 1.165) is 32.1 Å². The van der Waals surface area contributed by atoms with Crippen LogP contribution in [0.25, 0.3) is 0 Å². The first-order valence-electron chi connectivity index (χ1n) is 7.41. The highest BCUT2D eigenvalue weighted by Crippen LogP contribution is 2.25. The van der Waals surface area contributed by atoms with E-state index >= 15 is 0 Å². The zero-order valence-electron chi connectivity index (χ0n) is 12.5. The molecule has 5 nitrogen and oxygen atoms in total. The molecule has 1 saturated heterocycles. The van der Waals surface area contributed by atoms with Crippen LogP contribution in [0.4, 0.5) is 5.82 Å². The molecule has 0 bridgehead atoms. The van der Waals surface area contributed by atoms with E-state index in [4.69, 9.17) is 9.47 Å². The largest absolute Gasteiger partial charge is 0.478 e. The summed E-state index contributed by atoms with van der Waals surface area (Å²) >= 11 is 0. The van der Waals surface area contributed by atoms with Crippen molar-refractivity contribution in [3.05, 3.63) is 18.2 Å². The maximum atomic E-state index is 5.48. The number of anilines is 1. The van der Waals surface area contributed by atoms with Gasteiger partial charge in [0.15, 0.2) is 0 Å². The number of nitrogens with one attached hydrogen (secondary N) is 1. The van der Waals surface area contributed by atoms with Crippen LogP contribution in [0.2, 0.25) is 0 Å². The first-order valence-corrected chi connectivity index (χ1v) is 7.41. The third-order valence-electron chi connectivity index (χ3n) is 3.54. The van der Waals surface area contributed by atoms with Gasteiger partial charge in [0, 0.05) is 38.9 Å². The average molecular weight is 279 g/mol. The van der Waals surface area contributed by atoms with Crippen LogP contribution >= 0.6 is 0 Å². The topological polar surface area (TPSA) is 46.6 Å². The van der Waals surface area contributed by atoms with Crippen molar-refractivity contribution in [2.24, 2.45) is 0 Å². The molecule has 0 amide bonds. The third-order valence-corrected chi connectivity index (χ3v) is 3.54. The summed E-state index contributed by atoms with van der Waals surface area (Å²) in [6, 6.07) is 6.50. The number of methoxy groups -OCH3 is 1. The number of rotatable bonds is 8. The molecule has 0 aromatic carbocycles. The van der Waals surface area contributed by atoms with Gasteiger partial charge in [-0.25, -0.2) is 0 Å². The van der Waals surface area contributed by atoms with Gasteiger partial charge in [-0.2, -0.15) is 4.98 Å². The Balaban J connectivity index is 1.93. The van der Waals surface area contributed by atoms with E-state index in [2.05, 4.69) is 21.3 Å². The lowest BCUT2D eigenvalue weighted by atomic mass is 10.2. The van der Waals surface area contributed by atoms with Crippen molar-refractivity contribution < 1.29 is 9.47 Å². The summed E-state index contributed by atoms with van der Waals surface area (Å²) in [5.74, 6) is 1.73. The van der Waals surface area contributed by atoms with Gasteiger partial charge in [0.1, 0.15) is 5.82 Å². The second-order valence-electron chi connectivity index (χ2n) is 4.95. The molecule has 2 rings (SSSR count). The van der Waals surface area contributed by atoms with Gasteiger partial charge >= 0.3 is 0 Å². The van der Waals surface area contributed by atoms with Crippen LogP contribution < -0.4 is 15.0 Å². The first-order chi connectivity index (χ1) is 9.85. The Morgan fingerprint density at radius 1 is 1.45 bits per heavy atom. The maximum absolute atomic E-state index is 5.48. The minimum atomic E-state index is 0.510. The van der Waals surface area contributed by atoms with Crippen molar-refractivity contribution in [2.45, 2.75) is 25.8 Å². The van der Waals surface area contributed by atoms with E-state index in [1.165, 1.54) is 12.8 Å². The van der Waals surface area contributed by atoms with E-state index in [9.17, 15) is 0 Å².